The Kier molecular flexibility index (Phi) is 3.29. The Morgan fingerprint density at radius 1 is 1.00 bits per heavy atom. The molecule has 19 heavy (non-hydrogen) atoms. The second kappa shape index (κ2) is 4.76. The molecule has 0 bridgehead atoms. The molecule has 0 heterocycles. The van der Waals surface area contributed by atoms with E-state index in [1.165, 1.54) is 6.92 Å². The average molecular weight is 266 g/mol. The molecule has 98 valence electrons. The highest BCUT2D eigenvalue weighted by Crippen LogP contribution is 2.29. The molecule has 2 nitrogen and oxygen atoms in total. The third-order valence-electron chi connectivity index (χ3n) is 2.75. The van der Waals surface area contributed by atoms with Crippen LogP contribution in [0.2, 0.25) is 0 Å². The number of carboxylic acids is 1. The van der Waals surface area contributed by atoms with E-state index in [-0.39, 0.29) is 22.3 Å². The van der Waals surface area contributed by atoms with Crippen LogP contribution in [0.3, 0.4) is 0 Å². The molecular weight excluding hydrogens is 257 g/mol. The van der Waals surface area contributed by atoms with E-state index >= 15 is 0 Å². The minimum Gasteiger partial charge on any atom is -0.478 e. The Morgan fingerprint density at radius 2 is 1.68 bits per heavy atom. The number of halogens is 3. The van der Waals surface area contributed by atoms with E-state index in [2.05, 4.69) is 0 Å². The lowest BCUT2D eigenvalue weighted by atomic mass is 9.97. The number of aryl methyl sites for hydroxylation is 1. The minimum atomic E-state index is -1.33. The first-order valence-corrected chi connectivity index (χ1v) is 5.39. The maximum atomic E-state index is 13.6. The van der Waals surface area contributed by atoms with Crippen LogP contribution in [0.1, 0.15) is 15.9 Å². The largest absolute Gasteiger partial charge is 0.478 e. The second-order valence-corrected chi connectivity index (χ2v) is 4.08. The van der Waals surface area contributed by atoms with Gasteiger partial charge >= 0.3 is 5.97 Å². The average Bonchev–Trinajstić information content (AvgIpc) is 2.35. The van der Waals surface area contributed by atoms with Crippen molar-refractivity contribution in [1.29, 1.82) is 0 Å². The predicted molar refractivity (Wildman–Crippen MR) is 63.4 cm³/mol. The Hall–Kier alpha value is -2.30. The van der Waals surface area contributed by atoms with Crippen LogP contribution in [-0.4, -0.2) is 11.1 Å². The van der Waals surface area contributed by atoms with Gasteiger partial charge in [0.05, 0.1) is 5.56 Å². The zero-order chi connectivity index (χ0) is 14.2. The van der Waals surface area contributed by atoms with E-state index in [1.807, 2.05) is 0 Å². The molecule has 0 aliphatic rings. The van der Waals surface area contributed by atoms with Gasteiger partial charge in [-0.3, -0.25) is 0 Å². The number of carbonyl (C=O) groups is 1. The zero-order valence-corrected chi connectivity index (χ0v) is 9.88. The Morgan fingerprint density at radius 3 is 2.32 bits per heavy atom. The number of benzene rings is 2. The molecule has 0 aliphatic carbocycles. The molecule has 0 aromatic heterocycles. The maximum absolute atomic E-state index is 13.6. The van der Waals surface area contributed by atoms with Crippen molar-refractivity contribution in [2.45, 2.75) is 6.92 Å². The standard InChI is InChI=1S/C14H9F3O2/c1-7-4-11(14(18)19)9(6-13(7)17)10-5-8(15)2-3-12(10)16/h2-6H,1H3,(H,18,19). The molecule has 0 saturated heterocycles. The summed E-state index contributed by atoms with van der Waals surface area (Å²) in [5, 5.41) is 9.06. The Balaban J connectivity index is 2.77. The van der Waals surface area contributed by atoms with Crippen molar-refractivity contribution in [2.24, 2.45) is 0 Å². The third kappa shape index (κ3) is 2.45. The summed E-state index contributed by atoms with van der Waals surface area (Å²) < 4.78 is 40.3. The fraction of sp³-hybridized carbons (Fsp3) is 0.0714. The molecule has 0 amide bonds. The Bertz CT molecular complexity index is 666. The van der Waals surface area contributed by atoms with Crippen molar-refractivity contribution in [2.75, 3.05) is 0 Å². The highest BCUT2D eigenvalue weighted by Gasteiger charge is 2.18. The van der Waals surface area contributed by atoms with Gasteiger partial charge in [0.25, 0.3) is 0 Å². The van der Waals surface area contributed by atoms with Gasteiger partial charge in [-0.1, -0.05) is 0 Å². The first-order valence-electron chi connectivity index (χ1n) is 5.39. The summed E-state index contributed by atoms with van der Waals surface area (Å²) in [6.45, 7) is 1.40. The molecule has 0 unspecified atom stereocenters. The third-order valence-corrected chi connectivity index (χ3v) is 2.75. The van der Waals surface area contributed by atoms with E-state index < -0.39 is 23.4 Å². The number of carboxylic acid groups (broad SMARTS) is 1. The summed E-state index contributed by atoms with van der Waals surface area (Å²) in [6, 6.07) is 4.61. The van der Waals surface area contributed by atoms with Crippen molar-refractivity contribution in [3.05, 3.63) is 58.9 Å². The normalized spacial score (nSPS) is 10.5. The molecule has 0 fully saturated rings. The van der Waals surface area contributed by atoms with Crippen LogP contribution in [0.15, 0.2) is 30.3 Å². The van der Waals surface area contributed by atoms with Crippen molar-refractivity contribution in [1.82, 2.24) is 0 Å². The van der Waals surface area contributed by atoms with E-state index in [9.17, 15) is 18.0 Å². The second-order valence-electron chi connectivity index (χ2n) is 4.08. The molecule has 0 saturated carbocycles. The molecular formula is C14H9F3O2. The van der Waals surface area contributed by atoms with Crippen LogP contribution in [0, 0.1) is 24.4 Å². The van der Waals surface area contributed by atoms with Crippen LogP contribution < -0.4 is 0 Å². The van der Waals surface area contributed by atoms with Gasteiger partial charge in [-0.25, -0.2) is 18.0 Å². The smallest absolute Gasteiger partial charge is 0.336 e. The number of aromatic carboxylic acids is 1. The molecule has 0 radical (unpaired) electrons. The molecule has 5 heteroatoms. The molecule has 2 rings (SSSR count). The van der Waals surface area contributed by atoms with Gasteiger partial charge in [0.1, 0.15) is 17.5 Å². The lowest BCUT2D eigenvalue weighted by molar-refractivity contribution is 0.0697. The first-order chi connectivity index (χ1) is 8.90. The monoisotopic (exact) mass is 266 g/mol. The first kappa shape index (κ1) is 13.1. The molecule has 0 spiro atoms. The molecule has 0 aliphatic heterocycles. The van der Waals surface area contributed by atoms with Crippen molar-refractivity contribution < 1.29 is 23.1 Å². The summed E-state index contributed by atoms with van der Waals surface area (Å²) in [5.74, 6) is -3.55. The molecule has 0 atom stereocenters. The molecule has 2 aromatic carbocycles. The number of hydrogen-bond acceptors (Lipinski definition) is 1. The fourth-order valence-corrected chi connectivity index (χ4v) is 1.79. The zero-order valence-electron chi connectivity index (χ0n) is 9.88. The lowest BCUT2D eigenvalue weighted by Gasteiger charge is -2.09. The quantitative estimate of drug-likeness (QED) is 0.898. The van der Waals surface area contributed by atoms with Gasteiger partial charge in [0.2, 0.25) is 0 Å². The van der Waals surface area contributed by atoms with Crippen LogP contribution in [-0.2, 0) is 0 Å². The number of rotatable bonds is 2. The van der Waals surface area contributed by atoms with E-state index in [4.69, 9.17) is 5.11 Å². The Labute approximate surface area is 107 Å². The maximum Gasteiger partial charge on any atom is 0.336 e. The topological polar surface area (TPSA) is 37.3 Å². The highest BCUT2D eigenvalue weighted by molar-refractivity contribution is 5.96. The van der Waals surface area contributed by atoms with Crippen molar-refractivity contribution in [3.8, 4) is 11.1 Å². The fourth-order valence-electron chi connectivity index (χ4n) is 1.79. The summed E-state index contributed by atoms with van der Waals surface area (Å²) in [6.07, 6.45) is 0. The van der Waals surface area contributed by atoms with Crippen LogP contribution in [0.4, 0.5) is 13.2 Å². The van der Waals surface area contributed by atoms with Gasteiger partial charge in [0, 0.05) is 11.1 Å². The lowest BCUT2D eigenvalue weighted by Crippen LogP contribution is -2.03. The summed E-state index contributed by atoms with van der Waals surface area (Å²) >= 11 is 0. The van der Waals surface area contributed by atoms with Crippen LogP contribution >= 0.6 is 0 Å². The van der Waals surface area contributed by atoms with Crippen LogP contribution in [0.25, 0.3) is 11.1 Å². The van der Waals surface area contributed by atoms with Gasteiger partial charge < -0.3 is 5.11 Å². The number of hydrogen-bond donors (Lipinski definition) is 1. The SMILES string of the molecule is Cc1cc(C(=O)O)c(-c2cc(F)ccc2F)cc1F. The minimum absolute atomic E-state index is 0.123. The predicted octanol–water partition coefficient (Wildman–Crippen LogP) is 3.78. The summed E-state index contributed by atoms with van der Waals surface area (Å²) in [7, 11) is 0. The van der Waals surface area contributed by atoms with Crippen molar-refractivity contribution >= 4 is 5.97 Å². The van der Waals surface area contributed by atoms with Gasteiger partial charge in [-0.2, -0.15) is 0 Å². The van der Waals surface area contributed by atoms with Crippen molar-refractivity contribution in [3.63, 3.8) is 0 Å². The summed E-state index contributed by atoms with van der Waals surface area (Å²) in [4.78, 5) is 11.1. The van der Waals surface area contributed by atoms with E-state index in [1.54, 1.807) is 0 Å². The van der Waals surface area contributed by atoms with E-state index in [0.717, 1.165) is 30.3 Å². The van der Waals surface area contributed by atoms with Gasteiger partial charge in [-0.15, -0.1) is 0 Å². The highest BCUT2D eigenvalue weighted by atomic mass is 19.1. The van der Waals surface area contributed by atoms with E-state index in [0.29, 0.717) is 0 Å². The molecule has 2 aromatic rings. The van der Waals surface area contributed by atoms with Crippen LogP contribution in [0.5, 0.6) is 0 Å². The molecule has 1 N–H and O–H groups in total. The van der Waals surface area contributed by atoms with Gasteiger partial charge in [0.15, 0.2) is 0 Å². The van der Waals surface area contributed by atoms with Gasteiger partial charge in [-0.05, 0) is 42.8 Å². The summed E-state index contributed by atoms with van der Waals surface area (Å²) in [5.41, 5.74) is -0.620.